The van der Waals surface area contributed by atoms with E-state index in [0.29, 0.717) is 17.0 Å². The van der Waals surface area contributed by atoms with Gasteiger partial charge in [-0.3, -0.25) is 4.79 Å². The van der Waals surface area contributed by atoms with Crippen LogP contribution < -0.4 is 0 Å². The van der Waals surface area contributed by atoms with Crippen LogP contribution in [-0.4, -0.2) is 20.8 Å². The summed E-state index contributed by atoms with van der Waals surface area (Å²) in [5.74, 6) is 0.112. The predicted molar refractivity (Wildman–Crippen MR) is 57.8 cm³/mol. The largest absolute Gasteiger partial charge is 0.298 e. The van der Waals surface area contributed by atoms with Gasteiger partial charge in [0.1, 0.15) is 17.6 Å². The Balaban J connectivity index is 2.34. The van der Waals surface area contributed by atoms with Crippen molar-refractivity contribution in [3.8, 4) is 0 Å². The number of halogens is 1. The normalized spacial score (nSPS) is 10.8. The topological polar surface area (TPSA) is 47.8 Å². The molecule has 2 aromatic rings. The Kier molecular flexibility index (Phi) is 2.68. The Labute approximate surface area is 91.8 Å². The zero-order chi connectivity index (χ0) is 10.8. The number of carbonyl (C=O) groups is 1. The van der Waals surface area contributed by atoms with E-state index in [4.69, 9.17) is 11.6 Å². The zero-order valence-corrected chi connectivity index (χ0v) is 9.03. The molecule has 2 rings (SSSR count). The number of ketones is 1. The lowest BCUT2D eigenvalue weighted by Crippen LogP contribution is -2.11. The van der Waals surface area contributed by atoms with Crippen molar-refractivity contribution in [2.75, 3.05) is 0 Å². The third kappa shape index (κ3) is 2.15. The molecular formula is C10H10ClN3O. The molecule has 0 fully saturated rings. The first-order chi connectivity index (χ1) is 7.19. The molecule has 1 heterocycles. The van der Waals surface area contributed by atoms with Crippen LogP contribution in [0.1, 0.15) is 13.3 Å². The summed E-state index contributed by atoms with van der Waals surface area (Å²) in [6, 6.07) is 5.28. The number of fused-ring (bicyclic) bond motifs is 1. The standard InChI is InChI=1S/C10H10ClN3O/c1-2-8(15)6-14-12-9-4-3-7(11)5-10(9)13-14/h3-5H,2,6H2,1H3. The van der Waals surface area contributed by atoms with Crippen molar-refractivity contribution in [1.82, 2.24) is 15.0 Å². The molecule has 0 radical (unpaired) electrons. The summed E-state index contributed by atoms with van der Waals surface area (Å²) in [5, 5.41) is 8.95. The van der Waals surface area contributed by atoms with Gasteiger partial charge in [-0.2, -0.15) is 15.0 Å². The molecule has 0 bridgehead atoms. The summed E-state index contributed by atoms with van der Waals surface area (Å²) in [5.41, 5.74) is 1.47. The van der Waals surface area contributed by atoms with Crippen LogP contribution in [0, 0.1) is 0 Å². The SMILES string of the molecule is CCC(=O)Cn1nc2ccc(Cl)cc2n1. The molecule has 0 saturated carbocycles. The highest BCUT2D eigenvalue weighted by atomic mass is 35.5. The maximum Gasteiger partial charge on any atom is 0.155 e. The third-order valence-electron chi connectivity index (χ3n) is 2.10. The van der Waals surface area contributed by atoms with Crippen LogP contribution in [0.5, 0.6) is 0 Å². The second kappa shape index (κ2) is 3.98. The lowest BCUT2D eigenvalue weighted by atomic mass is 10.3. The Bertz CT molecular complexity index is 506. The van der Waals surface area contributed by atoms with Crippen LogP contribution in [0.3, 0.4) is 0 Å². The van der Waals surface area contributed by atoms with Crippen molar-refractivity contribution in [3.63, 3.8) is 0 Å². The van der Waals surface area contributed by atoms with Crippen molar-refractivity contribution in [2.24, 2.45) is 0 Å². The van der Waals surface area contributed by atoms with Gasteiger partial charge in [0.25, 0.3) is 0 Å². The number of Topliss-reactive ketones (excluding diaryl/α,β-unsaturated/α-hetero) is 1. The van der Waals surface area contributed by atoms with Crippen molar-refractivity contribution in [3.05, 3.63) is 23.2 Å². The highest BCUT2D eigenvalue weighted by molar-refractivity contribution is 6.31. The Morgan fingerprint density at radius 1 is 1.40 bits per heavy atom. The van der Waals surface area contributed by atoms with Crippen molar-refractivity contribution in [1.29, 1.82) is 0 Å². The van der Waals surface area contributed by atoms with Gasteiger partial charge in [0.2, 0.25) is 0 Å². The Morgan fingerprint density at radius 3 is 2.87 bits per heavy atom. The molecule has 1 aromatic carbocycles. The first kappa shape index (κ1) is 10.1. The fourth-order valence-electron chi connectivity index (χ4n) is 1.27. The molecule has 78 valence electrons. The number of carbonyl (C=O) groups excluding carboxylic acids is 1. The van der Waals surface area contributed by atoms with E-state index in [2.05, 4.69) is 10.2 Å². The molecule has 0 aliphatic rings. The minimum atomic E-state index is 0.112. The summed E-state index contributed by atoms with van der Waals surface area (Å²) in [7, 11) is 0. The molecule has 0 atom stereocenters. The van der Waals surface area contributed by atoms with Crippen LogP contribution in [0.2, 0.25) is 5.02 Å². The first-order valence-corrected chi connectivity index (χ1v) is 5.09. The maximum atomic E-state index is 11.2. The van der Waals surface area contributed by atoms with E-state index in [0.717, 1.165) is 5.52 Å². The third-order valence-corrected chi connectivity index (χ3v) is 2.33. The number of rotatable bonds is 3. The summed E-state index contributed by atoms with van der Waals surface area (Å²) < 4.78 is 0. The van der Waals surface area contributed by atoms with Gasteiger partial charge in [0, 0.05) is 11.4 Å². The van der Waals surface area contributed by atoms with Gasteiger partial charge >= 0.3 is 0 Å². The smallest absolute Gasteiger partial charge is 0.155 e. The molecule has 4 nitrogen and oxygen atoms in total. The quantitative estimate of drug-likeness (QED) is 0.800. The Hall–Kier alpha value is -1.42. The maximum absolute atomic E-state index is 11.2. The van der Waals surface area contributed by atoms with Crippen LogP contribution in [0.4, 0.5) is 0 Å². The highest BCUT2D eigenvalue weighted by Crippen LogP contribution is 2.15. The molecule has 0 aliphatic carbocycles. The molecule has 0 aliphatic heterocycles. The van der Waals surface area contributed by atoms with Gasteiger partial charge in [0.05, 0.1) is 0 Å². The van der Waals surface area contributed by atoms with Crippen LogP contribution in [-0.2, 0) is 11.3 Å². The van der Waals surface area contributed by atoms with E-state index in [1.807, 2.05) is 6.92 Å². The summed E-state index contributed by atoms with van der Waals surface area (Å²) >= 11 is 5.82. The molecule has 15 heavy (non-hydrogen) atoms. The monoisotopic (exact) mass is 223 g/mol. The van der Waals surface area contributed by atoms with E-state index in [9.17, 15) is 4.79 Å². The fourth-order valence-corrected chi connectivity index (χ4v) is 1.44. The summed E-state index contributed by atoms with van der Waals surface area (Å²) in [6.07, 6.45) is 0.499. The number of hydrogen-bond donors (Lipinski definition) is 0. The van der Waals surface area contributed by atoms with Crippen molar-refractivity contribution >= 4 is 28.4 Å². The highest BCUT2D eigenvalue weighted by Gasteiger charge is 2.05. The first-order valence-electron chi connectivity index (χ1n) is 4.71. The van der Waals surface area contributed by atoms with E-state index in [1.165, 1.54) is 4.80 Å². The number of aromatic nitrogens is 3. The van der Waals surface area contributed by atoms with Crippen molar-refractivity contribution < 1.29 is 4.79 Å². The lowest BCUT2D eigenvalue weighted by molar-refractivity contribution is -0.119. The summed E-state index contributed by atoms with van der Waals surface area (Å²) in [4.78, 5) is 12.6. The van der Waals surface area contributed by atoms with Gasteiger partial charge in [0.15, 0.2) is 5.78 Å². The molecule has 1 aromatic heterocycles. The van der Waals surface area contributed by atoms with E-state index < -0.39 is 0 Å². The van der Waals surface area contributed by atoms with Gasteiger partial charge in [-0.15, -0.1) is 0 Å². The van der Waals surface area contributed by atoms with E-state index in [1.54, 1.807) is 18.2 Å². The lowest BCUT2D eigenvalue weighted by Gasteiger charge is -1.94. The molecule has 0 saturated heterocycles. The van der Waals surface area contributed by atoms with E-state index >= 15 is 0 Å². The van der Waals surface area contributed by atoms with Gasteiger partial charge in [-0.1, -0.05) is 18.5 Å². The Morgan fingerprint density at radius 2 is 2.13 bits per heavy atom. The second-order valence-corrected chi connectivity index (χ2v) is 3.69. The van der Waals surface area contributed by atoms with Gasteiger partial charge < -0.3 is 0 Å². The fraction of sp³-hybridized carbons (Fsp3) is 0.300. The number of hydrogen-bond acceptors (Lipinski definition) is 3. The van der Waals surface area contributed by atoms with Crippen molar-refractivity contribution in [2.45, 2.75) is 19.9 Å². The zero-order valence-electron chi connectivity index (χ0n) is 8.27. The molecular weight excluding hydrogens is 214 g/mol. The summed E-state index contributed by atoms with van der Waals surface area (Å²) in [6.45, 7) is 2.05. The molecule has 5 heteroatoms. The minimum absolute atomic E-state index is 0.112. The minimum Gasteiger partial charge on any atom is -0.298 e. The average molecular weight is 224 g/mol. The van der Waals surface area contributed by atoms with Gasteiger partial charge in [-0.05, 0) is 18.2 Å². The van der Waals surface area contributed by atoms with Crippen LogP contribution >= 0.6 is 11.6 Å². The van der Waals surface area contributed by atoms with Crippen LogP contribution in [0.25, 0.3) is 11.0 Å². The van der Waals surface area contributed by atoms with E-state index in [-0.39, 0.29) is 12.3 Å². The molecule has 0 N–H and O–H groups in total. The van der Waals surface area contributed by atoms with Crippen LogP contribution in [0.15, 0.2) is 18.2 Å². The average Bonchev–Trinajstić information content (AvgIpc) is 2.59. The van der Waals surface area contributed by atoms with Gasteiger partial charge in [-0.25, -0.2) is 0 Å². The number of benzene rings is 1. The number of nitrogens with zero attached hydrogens (tertiary/aromatic N) is 3. The molecule has 0 unspecified atom stereocenters. The predicted octanol–water partition coefficient (Wildman–Crippen LogP) is 2.06. The molecule has 0 amide bonds. The molecule has 0 spiro atoms. The second-order valence-electron chi connectivity index (χ2n) is 3.26.